The number of nitrogens with one attached hydrogen (secondary N) is 1. The zero-order valence-corrected chi connectivity index (χ0v) is 14.0. The highest BCUT2D eigenvalue weighted by atomic mass is 35.5. The Kier molecular flexibility index (Phi) is 8.15. The SMILES string of the molecule is Cl.NCCCCNC(=O)C1(Sc2ccccc2)CCCC1. The molecule has 118 valence electrons. The molecule has 0 saturated heterocycles. The highest BCUT2D eigenvalue weighted by Gasteiger charge is 2.41. The van der Waals surface area contributed by atoms with Crippen LogP contribution in [0, 0.1) is 0 Å². The van der Waals surface area contributed by atoms with Gasteiger partial charge in [-0.25, -0.2) is 0 Å². The van der Waals surface area contributed by atoms with E-state index in [1.165, 1.54) is 4.90 Å². The van der Waals surface area contributed by atoms with Crippen molar-refractivity contribution < 1.29 is 4.79 Å². The molecule has 0 aromatic heterocycles. The summed E-state index contributed by atoms with van der Waals surface area (Å²) < 4.78 is -0.260. The van der Waals surface area contributed by atoms with Crippen molar-refractivity contribution in [2.24, 2.45) is 5.73 Å². The highest BCUT2D eigenvalue weighted by molar-refractivity contribution is 8.01. The molecule has 0 unspecified atom stereocenters. The van der Waals surface area contributed by atoms with E-state index in [0.717, 1.165) is 45.1 Å². The standard InChI is InChI=1S/C16H24N2OS.ClH/c17-12-6-7-13-18-15(19)16(10-4-5-11-16)20-14-8-2-1-3-9-14;/h1-3,8-9H,4-7,10-13,17H2,(H,18,19);1H. The lowest BCUT2D eigenvalue weighted by atomic mass is 10.1. The Morgan fingerprint density at radius 2 is 1.86 bits per heavy atom. The van der Waals surface area contributed by atoms with E-state index < -0.39 is 0 Å². The van der Waals surface area contributed by atoms with Crippen LogP contribution in [0.25, 0.3) is 0 Å². The zero-order valence-electron chi connectivity index (χ0n) is 12.3. The molecule has 3 nitrogen and oxygen atoms in total. The van der Waals surface area contributed by atoms with Crippen molar-refractivity contribution in [2.75, 3.05) is 13.1 Å². The van der Waals surface area contributed by atoms with Crippen molar-refractivity contribution in [1.29, 1.82) is 0 Å². The molecule has 0 radical (unpaired) electrons. The van der Waals surface area contributed by atoms with Crippen LogP contribution < -0.4 is 11.1 Å². The van der Waals surface area contributed by atoms with Crippen LogP contribution in [0.3, 0.4) is 0 Å². The van der Waals surface area contributed by atoms with E-state index in [1.807, 2.05) is 18.2 Å². The van der Waals surface area contributed by atoms with Crippen LogP contribution >= 0.6 is 24.2 Å². The van der Waals surface area contributed by atoms with Gasteiger partial charge >= 0.3 is 0 Å². The monoisotopic (exact) mass is 328 g/mol. The molecule has 1 aromatic rings. The third-order valence-corrected chi connectivity index (χ3v) is 5.29. The molecule has 1 fully saturated rings. The molecule has 5 heteroatoms. The number of carbonyl (C=O) groups excluding carboxylic acids is 1. The number of amides is 1. The van der Waals surface area contributed by atoms with Gasteiger partial charge in [0.25, 0.3) is 0 Å². The maximum atomic E-state index is 12.6. The lowest BCUT2D eigenvalue weighted by Crippen LogP contribution is -2.42. The van der Waals surface area contributed by atoms with Crippen LogP contribution in [0.5, 0.6) is 0 Å². The molecule has 0 heterocycles. The first-order valence-electron chi connectivity index (χ1n) is 7.49. The quantitative estimate of drug-likeness (QED) is 0.754. The number of nitrogens with two attached hydrogens (primary N) is 1. The second kappa shape index (κ2) is 9.34. The summed E-state index contributed by atoms with van der Waals surface area (Å²) in [4.78, 5) is 13.8. The minimum absolute atomic E-state index is 0. The predicted molar refractivity (Wildman–Crippen MR) is 92.0 cm³/mol. The van der Waals surface area contributed by atoms with Gasteiger partial charge in [-0.2, -0.15) is 0 Å². The van der Waals surface area contributed by atoms with Gasteiger partial charge in [0.2, 0.25) is 5.91 Å². The summed E-state index contributed by atoms with van der Waals surface area (Å²) in [5.74, 6) is 0.209. The second-order valence-electron chi connectivity index (χ2n) is 5.37. The first kappa shape index (κ1) is 18.3. The van der Waals surface area contributed by atoms with Gasteiger partial charge in [-0.1, -0.05) is 31.0 Å². The summed E-state index contributed by atoms with van der Waals surface area (Å²) in [6, 6.07) is 10.3. The fraction of sp³-hybridized carbons (Fsp3) is 0.562. The molecule has 0 bridgehead atoms. The van der Waals surface area contributed by atoms with Gasteiger partial charge < -0.3 is 11.1 Å². The summed E-state index contributed by atoms with van der Waals surface area (Å²) >= 11 is 1.73. The molecular formula is C16H25ClN2OS. The summed E-state index contributed by atoms with van der Waals surface area (Å²) in [6.07, 6.45) is 6.20. The molecule has 0 spiro atoms. The molecule has 0 atom stereocenters. The largest absolute Gasteiger partial charge is 0.355 e. The Labute approximate surface area is 137 Å². The van der Waals surface area contributed by atoms with Gasteiger partial charge in [-0.3, -0.25) is 4.79 Å². The van der Waals surface area contributed by atoms with Crippen molar-refractivity contribution in [2.45, 2.75) is 48.2 Å². The van der Waals surface area contributed by atoms with Crippen molar-refractivity contribution in [3.63, 3.8) is 0 Å². The van der Waals surface area contributed by atoms with Crippen LogP contribution in [0.4, 0.5) is 0 Å². The smallest absolute Gasteiger partial charge is 0.236 e. The number of hydrogen-bond donors (Lipinski definition) is 2. The summed E-state index contributed by atoms with van der Waals surface area (Å²) in [6.45, 7) is 1.44. The van der Waals surface area contributed by atoms with Gasteiger partial charge in [-0.15, -0.1) is 24.2 Å². The van der Waals surface area contributed by atoms with Crippen LogP contribution in [0.1, 0.15) is 38.5 Å². The summed E-state index contributed by atoms with van der Waals surface area (Å²) in [7, 11) is 0. The summed E-state index contributed by atoms with van der Waals surface area (Å²) in [5.41, 5.74) is 5.48. The molecular weight excluding hydrogens is 304 g/mol. The minimum Gasteiger partial charge on any atom is -0.355 e. The van der Waals surface area contributed by atoms with E-state index in [1.54, 1.807) is 11.8 Å². The van der Waals surface area contributed by atoms with E-state index in [-0.39, 0.29) is 23.1 Å². The minimum atomic E-state index is -0.260. The molecule has 3 N–H and O–H groups in total. The van der Waals surface area contributed by atoms with Gasteiger partial charge in [0.1, 0.15) is 0 Å². The topological polar surface area (TPSA) is 55.1 Å². The molecule has 1 saturated carbocycles. The molecule has 1 aromatic carbocycles. The van der Waals surface area contributed by atoms with E-state index in [0.29, 0.717) is 6.54 Å². The number of unbranched alkanes of at least 4 members (excludes halogenated alkanes) is 1. The lowest BCUT2D eigenvalue weighted by molar-refractivity contribution is -0.123. The van der Waals surface area contributed by atoms with E-state index in [4.69, 9.17) is 5.73 Å². The Bertz CT molecular complexity index is 422. The average Bonchev–Trinajstić information content (AvgIpc) is 2.94. The van der Waals surface area contributed by atoms with Gasteiger partial charge in [0.05, 0.1) is 4.75 Å². The van der Waals surface area contributed by atoms with Crippen molar-refractivity contribution in [3.05, 3.63) is 30.3 Å². The number of carbonyl (C=O) groups is 1. The first-order valence-corrected chi connectivity index (χ1v) is 8.31. The fourth-order valence-electron chi connectivity index (χ4n) is 2.67. The van der Waals surface area contributed by atoms with Crippen molar-refractivity contribution in [1.82, 2.24) is 5.32 Å². The zero-order chi connectivity index (χ0) is 14.3. The Morgan fingerprint density at radius 1 is 1.19 bits per heavy atom. The number of rotatable bonds is 7. The Balaban J connectivity index is 0.00000220. The van der Waals surface area contributed by atoms with Crippen LogP contribution in [-0.4, -0.2) is 23.7 Å². The average molecular weight is 329 g/mol. The maximum absolute atomic E-state index is 12.6. The number of hydrogen-bond acceptors (Lipinski definition) is 3. The summed E-state index contributed by atoms with van der Waals surface area (Å²) in [5, 5.41) is 3.11. The third-order valence-electron chi connectivity index (χ3n) is 3.80. The van der Waals surface area contributed by atoms with E-state index >= 15 is 0 Å². The van der Waals surface area contributed by atoms with Crippen LogP contribution in [0.2, 0.25) is 0 Å². The third kappa shape index (κ3) is 5.20. The van der Waals surface area contributed by atoms with E-state index in [9.17, 15) is 4.79 Å². The van der Waals surface area contributed by atoms with E-state index in [2.05, 4.69) is 17.4 Å². The molecule has 1 amide bonds. The second-order valence-corrected chi connectivity index (χ2v) is 6.83. The van der Waals surface area contributed by atoms with Crippen molar-refractivity contribution >= 4 is 30.1 Å². The van der Waals surface area contributed by atoms with Gasteiger partial charge in [0.15, 0.2) is 0 Å². The molecule has 1 aliphatic rings. The lowest BCUT2D eigenvalue weighted by Gasteiger charge is -2.27. The van der Waals surface area contributed by atoms with Crippen LogP contribution in [0.15, 0.2) is 35.2 Å². The molecule has 0 aliphatic heterocycles. The number of thioether (sulfide) groups is 1. The molecule has 2 rings (SSSR count). The van der Waals surface area contributed by atoms with Gasteiger partial charge in [0, 0.05) is 11.4 Å². The predicted octanol–water partition coefficient (Wildman–Crippen LogP) is 3.37. The highest BCUT2D eigenvalue weighted by Crippen LogP contribution is 2.45. The van der Waals surface area contributed by atoms with Gasteiger partial charge in [-0.05, 0) is 44.4 Å². The first-order chi connectivity index (χ1) is 9.77. The van der Waals surface area contributed by atoms with Crippen LogP contribution in [-0.2, 0) is 4.79 Å². The maximum Gasteiger partial charge on any atom is 0.236 e. The molecule has 1 aliphatic carbocycles. The van der Waals surface area contributed by atoms with Crippen molar-refractivity contribution in [3.8, 4) is 0 Å². The Hall–Kier alpha value is -0.710. The normalized spacial score (nSPS) is 16.2. The number of benzene rings is 1. The Morgan fingerprint density at radius 3 is 2.48 bits per heavy atom. The number of halogens is 1. The molecule has 21 heavy (non-hydrogen) atoms. The fourth-order valence-corrected chi connectivity index (χ4v) is 4.07.